The van der Waals surface area contributed by atoms with Crippen LogP contribution in [0.1, 0.15) is 87.0 Å². The van der Waals surface area contributed by atoms with Crippen LogP contribution in [0.25, 0.3) is 33.8 Å². The molecule has 0 radical (unpaired) electrons. The number of carbonyl (C=O) groups excluding carboxylic acids is 3. The summed E-state index contributed by atoms with van der Waals surface area (Å²) in [5, 5.41) is 16.8. The van der Waals surface area contributed by atoms with E-state index in [2.05, 4.69) is 71.8 Å². The summed E-state index contributed by atoms with van der Waals surface area (Å²) >= 11 is 3.31. The third kappa shape index (κ3) is 29.9. The lowest BCUT2D eigenvalue weighted by Crippen LogP contribution is -2.15. The van der Waals surface area contributed by atoms with Crippen LogP contribution in [0.4, 0.5) is 28.9 Å². The van der Waals surface area contributed by atoms with Gasteiger partial charge in [0.25, 0.3) is 22.9 Å². The predicted molar refractivity (Wildman–Crippen MR) is 507 cm³/mol. The van der Waals surface area contributed by atoms with Crippen molar-refractivity contribution in [1.29, 1.82) is 0 Å². The number of H-pyrrole nitrogens is 3. The second-order valence-corrected chi connectivity index (χ2v) is 29.5. The van der Waals surface area contributed by atoms with E-state index in [0.717, 1.165) is 62.3 Å². The molecular weight excluding hydrogens is 1820 g/mol. The quantitative estimate of drug-likeness (QED) is 0.0199. The number of aryl methyl sites for hydroxylation is 3. The molecule has 0 fully saturated rings. The molecule has 0 spiro atoms. The van der Waals surface area contributed by atoms with Crippen molar-refractivity contribution in [3.05, 3.63) is 396 Å². The van der Waals surface area contributed by atoms with Gasteiger partial charge in [0, 0.05) is 94.7 Å². The van der Waals surface area contributed by atoms with E-state index in [1.54, 1.807) is 94.1 Å². The molecule has 16 aromatic rings. The van der Waals surface area contributed by atoms with Gasteiger partial charge in [-0.3, -0.25) is 38.0 Å². The van der Waals surface area contributed by atoms with Gasteiger partial charge in [0.15, 0.2) is 28.4 Å². The molecule has 7 aromatic carbocycles. The molecule has 30 nitrogen and oxygen atoms in total. The van der Waals surface area contributed by atoms with E-state index < -0.39 is 52.4 Å². The minimum atomic E-state index is -0.900. The van der Waals surface area contributed by atoms with E-state index in [1.807, 2.05) is 178 Å². The van der Waals surface area contributed by atoms with E-state index in [1.165, 1.54) is 65.1 Å². The molecule has 0 saturated heterocycles. The van der Waals surface area contributed by atoms with Crippen LogP contribution >= 0.6 is 15.9 Å². The number of pyridine rings is 6. The van der Waals surface area contributed by atoms with E-state index in [-0.39, 0.29) is 39.2 Å². The molecule has 16 rings (SSSR count). The number of rotatable bonds is 31. The Bertz CT molecular complexity index is 6740. The summed E-state index contributed by atoms with van der Waals surface area (Å²) in [7, 11) is 6.27. The molecule has 2 amide bonds. The summed E-state index contributed by atoms with van der Waals surface area (Å²) < 4.78 is 115. The molecule has 0 saturated carbocycles. The standard InChI is InChI=1S/C25H22F2N4O3.C20H21N3O4.C18H16F2N4O3.C14H15NO2.C12H10BrNO2.C12H11NO2/c1-3-33-23-13-22(34-15-16-8-5-4-6-9-16)17(14-28-23)21-12-20(30-31(21)2)25(32)29-24-18(26)10-7-11-19(24)27;1-4-26-19-11-18(27-13-14-8-6-5-7-9-14)15(12-21-19)17-10-16(20(24)25-3)22-23(17)2;1-3-27-16-8-15(25)10(9-21-16)14-7-13(23-24(14)2)18(26)22-17-11(19)5-4-6-12(17)20;1-2-16-14-10-13(8-9-15-14)17-11-12-6-4-3-5-7-12;13-10-7-14-12(15)6-11(10)16-8-9-4-2-1-3-5-9;14-12-8-11(6-7-13-12)15-9-10-4-2-1-3-5-10/h4-14H,3,15H2,1-2H3,(H,29,32);5-12H,4,13H2,1-3H3;4-9H,3H2,1-2H3,(H,21,25)(H,22,26);3-10H,2,11H2,1H3;1-7H,8H2,(H,14,15);1-8H,9H2,(H,13,14). The maximum atomic E-state index is 13.9. The van der Waals surface area contributed by atoms with Gasteiger partial charge >= 0.3 is 5.97 Å². The first-order valence-corrected chi connectivity index (χ1v) is 43.1. The van der Waals surface area contributed by atoms with Crippen LogP contribution in [0.5, 0.6) is 52.3 Å². The number of halogens is 5. The second-order valence-electron chi connectivity index (χ2n) is 28.7. The zero-order chi connectivity index (χ0) is 96.7. The molecule has 0 atom stereocenters. The monoisotopic (exact) mass is 1910 g/mol. The first kappa shape index (κ1) is 99.8. The highest BCUT2D eigenvalue weighted by Gasteiger charge is 2.24. The third-order valence-electron chi connectivity index (χ3n) is 19.0. The van der Waals surface area contributed by atoms with E-state index in [0.29, 0.717) is 134 Å². The third-order valence-corrected chi connectivity index (χ3v) is 19.6. The number of para-hydroxylation sites is 2. The summed E-state index contributed by atoms with van der Waals surface area (Å²) in [5.41, 5.74) is 6.78. The Morgan fingerprint density at radius 1 is 0.375 bits per heavy atom. The molecule has 136 heavy (non-hydrogen) atoms. The van der Waals surface area contributed by atoms with Crippen molar-refractivity contribution in [1.82, 2.24) is 59.2 Å². The van der Waals surface area contributed by atoms with Crippen LogP contribution in [-0.2, 0) is 58.9 Å². The molecule has 9 heterocycles. The van der Waals surface area contributed by atoms with Crippen molar-refractivity contribution in [2.24, 2.45) is 21.1 Å². The number of aromatic nitrogens is 12. The maximum absolute atomic E-state index is 13.9. The number of hydrogen-bond acceptors (Lipinski definition) is 22. The predicted octanol–water partition coefficient (Wildman–Crippen LogP) is 18.7. The van der Waals surface area contributed by atoms with Crippen LogP contribution in [0.15, 0.2) is 311 Å². The largest absolute Gasteiger partial charge is 0.489 e. The molecule has 5 N–H and O–H groups in total. The van der Waals surface area contributed by atoms with E-state index in [4.69, 9.17) is 47.4 Å². The summed E-state index contributed by atoms with van der Waals surface area (Å²) in [6, 6.07) is 73.2. The number of nitrogens with one attached hydrogen (secondary N) is 5. The van der Waals surface area contributed by atoms with Crippen molar-refractivity contribution >= 4 is 45.1 Å². The summed E-state index contributed by atoms with van der Waals surface area (Å²) in [4.78, 5) is 91.7. The topological polar surface area (TPSA) is 358 Å². The molecule has 0 bridgehead atoms. The fraction of sp³-hybridized carbons (Fsp3) is 0.168. The summed E-state index contributed by atoms with van der Waals surface area (Å²) in [6.07, 6.45) is 9.50. The van der Waals surface area contributed by atoms with Crippen LogP contribution in [0, 0.1) is 23.3 Å². The number of methoxy groups -OCH3 is 1. The molecule has 0 unspecified atom stereocenters. The first-order chi connectivity index (χ1) is 66.0. The number of amides is 2. The molecule has 35 heteroatoms. The van der Waals surface area contributed by atoms with Crippen LogP contribution in [0.2, 0.25) is 0 Å². The molecule has 0 aliphatic carbocycles. The number of carbonyl (C=O) groups is 3. The van der Waals surface area contributed by atoms with Crippen molar-refractivity contribution in [2.75, 3.05) is 44.2 Å². The number of benzene rings is 7. The Balaban J connectivity index is 0.000000161. The Morgan fingerprint density at radius 2 is 0.750 bits per heavy atom. The van der Waals surface area contributed by atoms with Crippen LogP contribution in [-0.4, -0.2) is 111 Å². The molecule has 700 valence electrons. The summed E-state index contributed by atoms with van der Waals surface area (Å²) in [5.74, 6) is -0.846. The van der Waals surface area contributed by atoms with Gasteiger partial charge in [-0.15, -0.1) is 0 Å². The highest BCUT2D eigenvalue weighted by Crippen LogP contribution is 2.36. The Morgan fingerprint density at radius 3 is 1.15 bits per heavy atom. The van der Waals surface area contributed by atoms with Gasteiger partial charge in [0.05, 0.1) is 71.8 Å². The normalized spacial score (nSPS) is 10.4. The lowest BCUT2D eigenvalue weighted by atomic mass is 10.1. The van der Waals surface area contributed by atoms with Crippen LogP contribution in [0.3, 0.4) is 0 Å². The van der Waals surface area contributed by atoms with Gasteiger partial charge in [0.2, 0.25) is 17.6 Å². The van der Waals surface area contributed by atoms with Crippen molar-refractivity contribution in [3.63, 3.8) is 0 Å². The number of aromatic amines is 3. The van der Waals surface area contributed by atoms with Gasteiger partial charge < -0.3 is 73.0 Å². The minimum absolute atomic E-state index is 0.0250. The van der Waals surface area contributed by atoms with Crippen molar-refractivity contribution in [3.8, 4) is 86.0 Å². The minimum Gasteiger partial charge on any atom is -0.489 e. The van der Waals surface area contributed by atoms with Gasteiger partial charge in [-0.1, -0.05) is 164 Å². The smallest absolute Gasteiger partial charge is 0.358 e. The average molecular weight is 1920 g/mol. The zero-order valence-electron chi connectivity index (χ0n) is 75.0. The lowest BCUT2D eigenvalue weighted by Gasteiger charge is -2.13. The maximum Gasteiger partial charge on any atom is 0.358 e. The zero-order valence-corrected chi connectivity index (χ0v) is 76.6. The molecule has 9 aromatic heterocycles. The van der Waals surface area contributed by atoms with Crippen LogP contribution < -0.4 is 69.8 Å². The summed E-state index contributed by atoms with van der Waals surface area (Å²) in [6.45, 7) is 11.6. The fourth-order valence-electron chi connectivity index (χ4n) is 12.4. The average Bonchev–Trinajstić information content (AvgIpc) is 1.64. The van der Waals surface area contributed by atoms with Gasteiger partial charge in [-0.05, 0) is 126 Å². The molecule has 0 aliphatic heterocycles. The number of nitrogens with zero attached hydrogens (tertiary/aromatic N) is 9. The molecule has 0 aliphatic rings. The number of esters is 1. The lowest BCUT2D eigenvalue weighted by molar-refractivity contribution is 0.0592. The Labute approximate surface area is 786 Å². The SMILES string of the molecule is CCOc1cc(=O)c(-c2cc(C(=O)Nc3c(F)cccc3F)nn2C)c[nH]1.CCOc1cc(OCc2ccccc2)c(-c2cc(C(=O)Nc3c(F)cccc3F)nn2C)cn1.CCOc1cc(OCc2ccccc2)c(-c2cc(C(=O)OC)nn2C)cn1.CCOc1cc(OCc2ccccc2)ccn1.O=c1cc(OCc2ccccc2)c(Br)c[nH]1.O=c1cc(OCc2ccccc2)cc[nH]1. The second kappa shape index (κ2) is 51.2. The molecular formula is C101H95BrF4N14O16. The number of hydrogen-bond donors (Lipinski definition) is 5. The first-order valence-electron chi connectivity index (χ1n) is 42.3. The Kier molecular flexibility index (Phi) is 37.6. The number of ether oxygens (including phenoxy) is 10. The number of anilines is 2. The van der Waals surface area contributed by atoms with Gasteiger partial charge in [-0.25, -0.2) is 37.3 Å². The fourth-order valence-corrected chi connectivity index (χ4v) is 12.8. The van der Waals surface area contributed by atoms with Crippen molar-refractivity contribution < 1.29 is 79.3 Å². The van der Waals surface area contributed by atoms with E-state index >= 15 is 0 Å². The van der Waals surface area contributed by atoms with Crippen molar-refractivity contribution in [2.45, 2.75) is 60.7 Å². The highest BCUT2D eigenvalue weighted by atomic mass is 79.9. The Hall–Kier alpha value is -16.7. The van der Waals surface area contributed by atoms with Gasteiger partial charge in [0.1, 0.15) is 96.4 Å². The highest BCUT2D eigenvalue weighted by molar-refractivity contribution is 9.10. The van der Waals surface area contributed by atoms with Gasteiger partial charge in [-0.2, -0.15) is 15.3 Å². The van der Waals surface area contributed by atoms with E-state index in [9.17, 15) is 46.3 Å².